The lowest BCUT2D eigenvalue weighted by Gasteiger charge is -2.18. The summed E-state index contributed by atoms with van der Waals surface area (Å²) in [6.45, 7) is 5.36. The molecule has 4 heteroatoms. The van der Waals surface area contributed by atoms with Gasteiger partial charge in [-0.3, -0.25) is 9.78 Å². The van der Waals surface area contributed by atoms with Gasteiger partial charge < -0.3 is 9.80 Å². The van der Waals surface area contributed by atoms with E-state index in [0.717, 1.165) is 25.9 Å². The number of pyridine rings is 1. The van der Waals surface area contributed by atoms with Crippen molar-refractivity contribution in [1.82, 2.24) is 14.8 Å². The summed E-state index contributed by atoms with van der Waals surface area (Å²) in [5.41, 5.74) is 4.74. The third kappa shape index (κ3) is 3.86. The number of hydrogen-bond donors (Lipinski definition) is 0. The van der Waals surface area contributed by atoms with E-state index in [-0.39, 0.29) is 5.91 Å². The lowest BCUT2D eigenvalue weighted by atomic mass is 9.90. The normalized spacial score (nSPS) is 24.0. The standard InChI is InChI=1S/C25H29N3O/c29-25(24-5-1-2-13-26-24)28-17-21-10-11-22(23(21)18-28)20-8-6-19(7-9-20)12-16-27-14-3-4-15-27/h1-2,5-9,11,13,21,23H,3-4,10,12,14-18H2/t21-,23+/m1/s1. The van der Waals surface area contributed by atoms with E-state index in [0.29, 0.717) is 17.5 Å². The number of aromatic nitrogens is 1. The molecular weight excluding hydrogens is 358 g/mol. The van der Waals surface area contributed by atoms with Crippen LogP contribution in [0.25, 0.3) is 5.57 Å². The molecular formula is C25H29N3O. The molecule has 0 N–H and O–H groups in total. The third-order valence-corrected chi connectivity index (χ3v) is 6.85. The molecule has 2 aromatic rings. The van der Waals surface area contributed by atoms with Crippen molar-refractivity contribution in [1.29, 1.82) is 0 Å². The summed E-state index contributed by atoms with van der Waals surface area (Å²) in [5, 5.41) is 0. The van der Waals surface area contributed by atoms with Gasteiger partial charge >= 0.3 is 0 Å². The number of hydrogen-bond acceptors (Lipinski definition) is 3. The van der Waals surface area contributed by atoms with Gasteiger partial charge in [0.1, 0.15) is 5.69 Å². The molecule has 0 spiro atoms. The number of carbonyl (C=O) groups excluding carboxylic acids is 1. The number of carbonyl (C=O) groups is 1. The van der Waals surface area contributed by atoms with E-state index in [1.807, 2.05) is 23.1 Å². The average molecular weight is 388 g/mol. The number of rotatable bonds is 5. The molecule has 3 aliphatic rings. The zero-order chi connectivity index (χ0) is 19.6. The van der Waals surface area contributed by atoms with Gasteiger partial charge in [0.05, 0.1) is 0 Å². The van der Waals surface area contributed by atoms with Gasteiger partial charge in [0.25, 0.3) is 5.91 Å². The molecule has 2 fully saturated rings. The lowest BCUT2D eigenvalue weighted by molar-refractivity contribution is 0.0779. The van der Waals surface area contributed by atoms with Crippen LogP contribution in [0.4, 0.5) is 0 Å². The van der Waals surface area contributed by atoms with Crippen LogP contribution in [-0.2, 0) is 6.42 Å². The van der Waals surface area contributed by atoms with Gasteiger partial charge in [-0.15, -0.1) is 0 Å². The molecule has 150 valence electrons. The second kappa shape index (κ2) is 8.11. The molecule has 1 aromatic heterocycles. The van der Waals surface area contributed by atoms with E-state index in [1.54, 1.807) is 6.20 Å². The van der Waals surface area contributed by atoms with E-state index in [2.05, 4.69) is 40.2 Å². The molecule has 0 bridgehead atoms. The molecule has 1 amide bonds. The van der Waals surface area contributed by atoms with Crippen LogP contribution < -0.4 is 0 Å². The molecule has 3 heterocycles. The zero-order valence-electron chi connectivity index (χ0n) is 17.0. The second-order valence-corrected chi connectivity index (χ2v) is 8.68. The molecule has 1 aliphatic carbocycles. The molecule has 2 aliphatic heterocycles. The highest BCUT2D eigenvalue weighted by molar-refractivity contribution is 5.92. The zero-order valence-corrected chi connectivity index (χ0v) is 17.0. The smallest absolute Gasteiger partial charge is 0.272 e. The Morgan fingerprint density at radius 1 is 1.03 bits per heavy atom. The van der Waals surface area contributed by atoms with Gasteiger partial charge in [-0.2, -0.15) is 0 Å². The molecule has 2 saturated heterocycles. The van der Waals surface area contributed by atoms with E-state index < -0.39 is 0 Å². The minimum absolute atomic E-state index is 0.0663. The largest absolute Gasteiger partial charge is 0.336 e. The summed E-state index contributed by atoms with van der Waals surface area (Å²) in [4.78, 5) is 21.6. The molecule has 0 radical (unpaired) electrons. The molecule has 1 aromatic carbocycles. The van der Waals surface area contributed by atoms with Crippen LogP contribution in [-0.4, -0.2) is 53.4 Å². The van der Waals surface area contributed by atoms with E-state index >= 15 is 0 Å². The Balaban J connectivity index is 1.22. The highest BCUT2D eigenvalue weighted by Gasteiger charge is 2.40. The summed E-state index contributed by atoms with van der Waals surface area (Å²) < 4.78 is 0. The van der Waals surface area contributed by atoms with Crippen LogP contribution in [0.2, 0.25) is 0 Å². The molecule has 29 heavy (non-hydrogen) atoms. The Hall–Kier alpha value is -2.46. The van der Waals surface area contributed by atoms with Gasteiger partial charge in [-0.05, 0) is 73.5 Å². The van der Waals surface area contributed by atoms with Crippen LogP contribution >= 0.6 is 0 Å². The first-order chi connectivity index (χ1) is 14.3. The summed E-state index contributed by atoms with van der Waals surface area (Å²) in [5.74, 6) is 1.07. The maximum absolute atomic E-state index is 12.8. The number of nitrogens with zero attached hydrogens (tertiary/aromatic N) is 3. The first-order valence-corrected chi connectivity index (χ1v) is 11.0. The van der Waals surface area contributed by atoms with Crippen molar-refractivity contribution in [3.63, 3.8) is 0 Å². The highest BCUT2D eigenvalue weighted by Crippen LogP contribution is 2.43. The maximum atomic E-state index is 12.8. The third-order valence-electron chi connectivity index (χ3n) is 6.85. The van der Waals surface area contributed by atoms with Crippen LogP contribution in [0.1, 0.15) is 40.9 Å². The number of allylic oxidation sites excluding steroid dienone is 1. The fourth-order valence-corrected chi connectivity index (χ4v) is 5.20. The van der Waals surface area contributed by atoms with Crippen molar-refractivity contribution in [3.05, 3.63) is 71.6 Å². The van der Waals surface area contributed by atoms with Crippen molar-refractivity contribution in [2.75, 3.05) is 32.7 Å². The predicted molar refractivity (Wildman–Crippen MR) is 116 cm³/mol. The first-order valence-electron chi connectivity index (χ1n) is 11.0. The fraction of sp³-hybridized carbons (Fsp3) is 0.440. The molecule has 2 atom stereocenters. The number of likely N-dealkylation sites (tertiary alicyclic amines) is 2. The maximum Gasteiger partial charge on any atom is 0.272 e. The van der Waals surface area contributed by atoms with Crippen LogP contribution in [0.5, 0.6) is 0 Å². The van der Waals surface area contributed by atoms with E-state index in [9.17, 15) is 4.79 Å². The Labute approximate surface area is 173 Å². The number of fused-ring (bicyclic) bond motifs is 1. The van der Waals surface area contributed by atoms with Gasteiger partial charge in [-0.25, -0.2) is 0 Å². The molecule has 4 nitrogen and oxygen atoms in total. The van der Waals surface area contributed by atoms with E-state index in [4.69, 9.17) is 0 Å². The van der Waals surface area contributed by atoms with Crippen molar-refractivity contribution >= 4 is 11.5 Å². The SMILES string of the molecule is O=C(c1ccccn1)N1C[C@H]2CC=C(c3ccc(CCN4CCCC4)cc3)[C@H]2C1. The highest BCUT2D eigenvalue weighted by atomic mass is 16.2. The summed E-state index contributed by atoms with van der Waals surface area (Å²) in [7, 11) is 0. The Bertz CT molecular complexity index is 884. The molecule has 0 saturated carbocycles. The second-order valence-electron chi connectivity index (χ2n) is 8.68. The van der Waals surface area contributed by atoms with Crippen molar-refractivity contribution < 1.29 is 4.79 Å². The number of benzene rings is 1. The monoisotopic (exact) mass is 387 g/mol. The average Bonchev–Trinajstić information content (AvgIpc) is 3.50. The van der Waals surface area contributed by atoms with Crippen molar-refractivity contribution in [2.24, 2.45) is 11.8 Å². The van der Waals surface area contributed by atoms with Gasteiger partial charge in [0, 0.05) is 31.7 Å². The minimum Gasteiger partial charge on any atom is -0.336 e. The Kier molecular flexibility index (Phi) is 5.19. The van der Waals surface area contributed by atoms with Crippen LogP contribution in [0.15, 0.2) is 54.7 Å². The van der Waals surface area contributed by atoms with Gasteiger partial charge in [-0.1, -0.05) is 36.4 Å². The van der Waals surface area contributed by atoms with Crippen LogP contribution in [0, 0.1) is 11.8 Å². The quantitative estimate of drug-likeness (QED) is 0.781. The lowest BCUT2D eigenvalue weighted by Crippen LogP contribution is -2.30. The Morgan fingerprint density at radius 2 is 1.86 bits per heavy atom. The van der Waals surface area contributed by atoms with Crippen molar-refractivity contribution in [2.45, 2.75) is 25.7 Å². The summed E-state index contributed by atoms with van der Waals surface area (Å²) in [6.07, 6.45) is 9.02. The molecule has 5 rings (SSSR count). The van der Waals surface area contributed by atoms with Crippen molar-refractivity contribution in [3.8, 4) is 0 Å². The predicted octanol–water partition coefficient (Wildman–Crippen LogP) is 3.90. The summed E-state index contributed by atoms with van der Waals surface area (Å²) >= 11 is 0. The topological polar surface area (TPSA) is 36.4 Å². The fourth-order valence-electron chi connectivity index (χ4n) is 5.20. The summed E-state index contributed by atoms with van der Waals surface area (Å²) in [6, 6.07) is 14.7. The number of amides is 1. The van der Waals surface area contributed by atoms with Crippen LogP contribution in [0.3, 0.4) is 0 Å². The van der Waals surface area contributed by atoms with Gasteiger partial charge in [0.2, 0.25) is 0 Å². The minimum atomic E-state index is 0.0663. The van der Waals surface area contributed by atoms with Gasteiger partial charge in [0.15, 0.2) is 0 Å². The Morgan fingerprint density at radius 3 is 2.62 bits per heavy atom. The molecule has 0 unspecified atom stereocenters. The first kappa shape index (κ1) is 18.6. The van der Waals surface area contributed by atoms with E-state index in [1.165, 1.54) is 49.2 Å².